The van der Waals surface area contributed by atoms with Gasteiger partial charge in [-0.25, -0.2) is 0 Å². The van der Waals surface area contributed by atoms with E-state index < -0.39 is 0 Å². The normalized spacial score (nSPS) is 24.1. The van der Waals surface area contributed by atoms with E-state index in [0.29, 0.717) is 18.7 Å². The van der Waals surface area contributed by atoms with Crippen molar-refractivity contribution in [2.45, 2.75) is 32.6 Å². The van der Waals surface area contributed by atoms with Crippen molar-refractivity contribution in [3.05, 3.63) is 0 Å². The van der Waals surface area contributed by atoms with E-state index >= 15 is 0 Å². The number of nitrogens with zero attached hydrogens (tertiary/aromatic N) is 3. The Kier molecular flexibility index (Phi) is 6.46. The van der Waals surface area contributed by atoms with E-state index in [0.717, 1.165) is 19.0 Å². The van der Waals surface area contributed by atoms with Gasteiger partial charge in [0, 0.05) is 32.6 Å². The van der Waals surface area contributed by atoms with Gasteiger partial charge in [0.15, 0.2) is 0 Å². The minimum absolute atomic E-state index is 0.390. The second kappa shape index (κ2) is 8.11. The van der Waals surface area contributed by atoms with Gasteiger partial charge in [-0.3, -0.25) is 9.69 Å². The Morgan fingerprint density at radius 3 is 2.25 bits per heavy atom. The largest absolute Gasteiger partial charge is 0.304 e. The Hall–Kier alpha value is -0.450. The lowest BCUT2D eigenvalue weighted by Crippen LogP contribution is -2.45. The predicted octanol–water partition coefficient (Wildman–Crippen LogP) is 1.32. The van der Waals surface area contributed by atoms with Gasteiger partial charge in [-0.1, -0.05) is 6.92 Å². The van der Waals surface area contributed by atoms with Gasteiger partial charge in [0.25, 0.3) is 0 Å². The van der Waals surface area contributed by atoms with E-state index in [1.54, 1.807) is 0 Å². The summed E-state index contributed by atoms with van der Waals surface area (Å²) in [6.45, 7) is 11.1. The van der Waals surface area contributed by atoms with E-state index in [2.05, 4.69) is 21.7 Å². The zero-order valence-corrected chi connectivity index (χ0v) is 13.3. The summed E-state index contributed by atoms with van der Waals surface area (Å²) < 4.78 is 0. The lowest BCUT2D eigenvalue weighted by atomic mass is 9.93. The summed E-state index contributed by atoms with van der Waals surface area (Å²) in [7, 11) is 2.21. The highest BCUT2D eigenvalue weighted by Crippen LogP contribution is 2.21. The van der Waals surface area contributed by atoms with Crippen LogP contribution in [0.15, 0.2) is 0 Å². The number of likely N-dealkylation sites (N-methyl/N-ethyl adjacent to an activating group) is 1. The van der Waals surface area contributed by atoms with Crippen LogP contribution in [-0.4, -0.2) is 79.9 Å². The quantitative estimate of drug-likeness (QED) is 0.733. The zero-order valence-electron chi connectivity index (χ0n) is 13.3. The molecular weight excluding hydrogens is 250 g/mol. The number of carbonyl (C=O) groups excluding carboxylic acids is 1. The summed E-state index contributed by atoms with van der Waals surface area (Å²) in [5.41, 5.74) is 0. The number of rotatable bonds is 6. The molecule has 0 amide bonds. The van der Waals surface area contributed by atoms with Gasteiger partial charge >= 0.3 is 0 Å². The van der Waals surface area contributed by atoms with Crippen molar-refractivity contribution in [3.8, 4) is 0 Å². The second-order valence-corrected chi connectivity index (χ2v) is 6.55. The first-order valence-electron chi connectivity index (χ1n) is 8.32. The third kappa shape index (κ3) is 5.15. The number of ketones is 1. The van der Waals surface area contributed by atoms with Crippen molar-refractivity contribution in [1.82, 2.24) is 14.7 Å². The first-order chi connectivity index (χ1) is 9.67. The van der Waals surface area contributed by atoms with Gasteiger partial charge in [-0.2, -0.15) is 0 Å². The van der Waals surface area contributed by atoms with Crippen molar-refractivity contribution in [2.75, 3.05) is 59.4 Å². The highest BCUT2D eigenvalue weighted by atomic mass is 16.1. The van der Waals surface area contributed by atoms with E-state index in [4.69, 9.17) is 0 Å². The van der Waals surface area contributed by atoms with Gasteiger partial charge in [-0.15, -0.1) is 0 Å². The third-order valence-corrected chi connectivity index (χ3v) is 4.95. The molecule has 0 aliphatic carbocycles. The fraction of sp³-hybridized carbons (Fsp3) is 0.938. The smallest absolute Gasteiger partial charge is 0.146 e. The van der Waals surface area contributed by atoms with Crippen LogP contribution in [0.25, 0.3) is 0 Å². The van der Waals surface area contributed by atoms with Crippen LogP contribution < -0.4 is 0 Å². The van der Waals surface area contributed by atoms with E-state index in [1.165, 1.54) is 52.0 Å². The van der Waals surface area contributed by atoms with Crippen molar-refractivity contribution >= 4 is 5.78 Å². The van der Waals surface area contributed by atoms with Gasteiger partial charge < -0.3 is 9.80 Å². The highest BCUT2D eigenvalue weighted by molar-refractivity contribution is 5.80. The Balaban J connectivity index is 1.59. The molecule has 0 saturated carbocycles. The first kappa shape index (κ1) is 15.9. The van der Waals surface area contributed by atoms with Crippen molar-refractivity contribution in [3.63, 3.8) is 0 Å². The number of likely N-dealkylation sites (tertiary alicyclic amines) is 1. The van der Waals surface area contributed by atoms with Gasteiger partial charge in [0.2, 0.25) is 0 Å². The van der Waals surface area contributed by atoms with Crippen LogP contribution in [0.4, 0.5) is 0 Å². The van der Waals surface area contributed by atoms with E-state index in [1.807, 2.05) is 6.92 Å². The molecule has 0 aromatic heterocycles. The van der Waals surface area contributed by atoms with Gasteiger partial charge in [0.1, 0.15) is 5.78 Å². The topological polar surface area (TPSA) is 26.8 Å². The van der Waals surface area contributed by atoms with Gasteiger partial charge in [0.05, 0.1) is 6.54 Å². The molecule has 2 heterocycles. The molecule has 0 radical (unpaired) electrons. The minimum atomic E-state index is 0.390. The van der Waals surface area contributed by atoms with Crippen LogP contribution in [0.5, 0.6) is 0 Å². The molecule has 0 aromatic rings. The van der Waals surface area contributed by atoms with Crippen molar-refractivity contribution in [1.29, 1.82) is 0 Å². The maximum absolute atomic E-state index is 11.5. The maximum Gasteiger partial charge on any atom is 0.146 e. The van der Waals surface area contributed by atoms with Crippen molar-refractivity contribution in [2.24, 2.45) is 5.92 Å². The highest BCUT2D eigenvalue weighted by Gasteiger charge is 2.21. The molecule has 4 heteroatoms. The van der Waals surface area contributed by atoms with Crippen molar-refractivity contribution < 1.29 is 4.79 Å². The first-order valence-corrected chi connectivity index (χ1v) is 8.32. The third-order valence-electron chi connectivity index (χ3n) is 4.95. The molecule has 2 fully saturated rings. The molecular formula is C16H31N3O. The summed E-state index contributed by atoms with van der Waals surface area (Å²) >= 11 is 0. The van der Waals surface area contributed by atoms with E-state index in [9.17, 15) is 4.79 Å². The molecule has 0 unspecified atom stereocenters. The number of Topliss-reactive ketones (excluding diaryl/α,β-unsaturated/α-hetero) is 1. The number of hydrogen-bond acceptors (Lipinski definition) is 4. The summed E-state index contributed by atoms with van der Waals surface area (Å²) in [6.07, 6.45) is 4.60. The number of carbonyl (C=O) groups is 1. The standard InChI is InChI=1S/C16H31N3O/c1-3-16(20)14-19-8-5-15(6-9-19)4-7-18-12-10-17(2)11-13-18/h15H,3-14H2,1-2H3. The Bertz CT molecular complexity index is 292. The van der Waals surface area contributed by atoms with Crippen LogP contribution in [0.1, 0.15) is 32.6 Å². The average molecular weight is 281 g/mol. The molecule has 0 N–H and O–H groups in total. The molecule has 0 bridgehead atoms. The molecule has 0 spiro atoms. The Labute approximate surface area is 124 Å². The molecule has 2 saturated heterocycles. The summed E-state index contributed by atoms with van der Waals surface area (Å²) in [6, 6.07) is 0. The predicted molar refractivity (Wildman–Crippen MR) is 83.0 cm³/mol. The molecule has 0 atom stereocenters. The second-order valence-electron chi connectivity index (χ2n) is 6.55. The monoisotopic (exact) mass is 281 g/mol. The number of piperidine rings is 1. The molecule has 116 valence electrons. The van der Waals surface area contributed by atoms with Crippen LogP contribution in [0.3, 0.4) is 0 Å². The lowest BCUT2D eigenvalue weighted by molar-refractivity contribution is -0.120. The number of piperazine rings is 1. The lowest BCUT2D eigenvalue weighted by Gasteiger charge is -2.35. The zero-order chi connectivity index (χ0) is 14.4. The molecule has 4 nitrogen and oxygen atoms in total. The van der Waals surface area contributed by atoms with Crippen LogP contribution in [0.2, 0.25) is 0 Å². The Morgan fingerprint density at radius 2 is 1.65 bits per heavy atom. The Morgan fingerprint density at radius 1 is 1.00 bits per heavy atom. The average Bonchev–Trinajstić information content (AvgIpc) is 2.48. The van der Waals surface area contributed by atoms with Crippen LogP contribution >= 0.6 is 0 Å². The van der Waals surface area contributed by atoms with Crippen LogP contribution in [-0.2, 0) is 4.79 Å². The molecule has 2 aliphatic rings. The number of hydrogen-bond donors (Lipinski definition) is 0. The molecule has 20 heavy (non-hydrogen) atoms. The van der Waals surface area contributed by atoms with Gasteiger partial charge in [-0.05, 0) is 51.9 Å². The fourth-order valence-corrected chi connectivity index (χ4v) is 3.23. The fourth-order valence-electron chi connectivity index (χ4n) is 3.23. The summed E-state index contributed by atoms with van der Waals surface area (Å²) in [4.78, 5) is 18.8. The molecule has 2 aliphatic heterocycles. The molecule has 2 rings (SSSR count). The summed E-state index contributed by atoms with van der Waals surface area (Å²) in [5, 5.41) is 0. The van der Waals surface area contributed by atoms with E-state index in [-0.39, 0.29) is 0 Å². The van der Waals surface area contributed by atoms with Crippen LogP contribution in [0, 0.1) is 5.92 Å². The summed E-state index contributed by atoms with van der Waals surface area (Å²) in [5.74, 6) is 1.27. The molecule has 0 aromatic carbocycles. The maximum atomic E-state index is 11.5. The minimum Gasteiger partial charge on any atom is -0.304 e. The SMILES string of the molecule is CCC(=O)CN1CCC(CCN2CCN(C)CC2)CC1.